The molecule has 0 spiro atoms. The van der Waals surface area contributed by atoms with Gasteiger partial charge in [0.2, 0.25) is 0 Å². The van der Waals surface area contributed by atoms with E-state index >= 15 is 0 Å². The quantitative estimate of drug-likeness (QED) is 0.890. The van der Waals surface area contributed by atoms with Crippen LogP contribution in [-0.2, 0) is 6.54 Å². The Balaban J connectivity index is 0.00000162. The first kappa shape index (κ1) is 14.2. The highest BCUT2D eigenvalue weighted by atomic mass is 35.5. The monoisotopic (exact) mass is 265 g/mol. The van der Waals surface area contributed by atoms with E-state index in [-0.39, 0.29) is 18.2 Å². The zero-order valence-electron chi connectivity index (χ0n) is 10.1. The Labute approximate surface area is 113 Å². The standard InChI is InChI=1S/C14H15NO2.ClH/c1-17-13-9-5-6-11(14(13)16)10-15-12-7-3-2-4-8-12;/h2-9,15-16H,10H2,1H3;1H. The molecule has 18 heavy (non-hydrogen) atoms. The topological polar surface area (TPSA) is 41.5 Å². The Morgan fingerprint density at radius 3 is 2.44 bits per heavy atom. The minimum absolute atomic E-state index is 0. The number of para-hydroxylation sites is 2. The molecule has 96 valence electrons. The number of phenolic OH excluding ortho intramolecular Hbond substituents is 1. The number of methoxy groups -OCH3 is 1. The Hall–Kier alpha value is -1.87. The van der Waals surface area contributed by atoms with Gasteiger partial charge in [0.05, 0.1) is 7.11 Å². The molecule has 2 aromatic rings. The summed E-state index contributed by atoms with van der Waals surface area (Å²) in [6.07, 6.45) is 0. The average molecular weight is 266 g/mol. The van der Waals surface area contributed by atoms with Gasteiger partial charge in [-0.15, -0.1) is 12.4 Å². The summed E-state index contributed by atoms with van der Waals surface area (Å²) in [7, 11) is 1.55. The van der Waals surface area contributed by atoms with E-state index in [9.17, 15) is 5.11 Å². The SMILES string of the molecule is COc1cccc(CNc2ccccc2)c1O.Cl. The second kappa shape index (κ2) is 6.77. The van der Waals surface area contributed by atoms with Crippen molar-refractivity contribution >= 4 is 18.1 Å². The molecule has 0 saturated carbocycles. The summed E-state index contributed by atoms with van der Waals surface area (Å²) in [6, 6.07) is 15.3. The zero-order valence-corrected chi connectivity index (χ0v) is 10.9. The number of rotatable bonds is 4. The maximum atomic E-state index is 9.90. The number of nitrogens with one attached hydrogen (secondary N) is 1. The molecule has 0 aromatic heterocycles. The number of benzene rings is 2. The third kappa shape index (κ3) is 3.31. The van der Waals surface area contributed by atoms with E-state index in [4.69, 9.17) is 4.74 Å². The largest absolute Gasteiger partial charge is 0.504 e. The number of ether oxygens (including phenoxy) is 1. The van der Waals surface area contributed by atoms with Gasteiger partial charge >= 0.3 is 0 Å². The van der Waals surface area contributed by atoms with Crippen LogP contribution in [0.25, 0.3) is 0 Å². The minimum Gasteiger partial charge on any atom is -0.504 e. The lowest BCUT2D eigenvalue weighted by molar-refractivity contribution is 0.371. The van der Waals surface area contributed by atoms with E-state index in [0.29, 0.717) is 12.3 Å². The minimum atomic E-state index is 0. The van der Waals surface area contributed by atoms with Gasteiger partial charge in [-0.3, -0.25) is 0 Å². The van der Waals surface area contributed by atoms with Gasteiger partial charge in [0.1, 0.15) is 0 Å². The molecular weight excluding hydrogens is 250 g/mol. The van der Waals surface area contributed by atoms with Crippen LogP contribution >= 0.6 is 12.4 Å². The summed E-state index contributed by atoms with van der Waals surface area (Å²) in [5.41, 5.74) is 1.84. The van der Waals surface area contributed by atoms with Crippen molar-refractivity contribution in [3.05, 3.63) is 54.1 Å². The Morgan fingerprint density at radius 1 is 1.06 bits per heavy atom. The van der Waals surface area contributed by atoms with Crippen molar-refractivity contribution < 1.29 is 9.84 Å². The number of hydrogen-bond donors (Lipinski definition) is 2. The van der Waals surface area contributed by atoms with E-state index in [1.54, 1.807) is 13.2 Å². The lowest BCUT2D eigenvalue weighted by Crippen LogP contribution is -2.00. The molecule has 2 rings (SSSR count). The van der Waals surface area contributed by atoms with Crippen LogP contribution in [0.1, 0.15) is 5.56 Å². The number of anilines is 1. The molecular formula is C14H16ClNO2. The summed E-state index contributed by atoms with van der Waals surface area (Å²) in [5.74, 6) is 0.691. The molecule has 0 aliphatic rings. The second-order valence-electron chi connectivity index (χ2n) is 3.69. The number of halogens is 1. The van der Waals surface area contributed by atoms with Gasteiger partial charge < -0.3 is 15.2 Å². The fourth-order valence-corrected chi connectivity index (χ4v) is 1.63. The molecule has 3 nitrogen and oxygen atoms in total. The summed E-state index contributed by atoms with van der Waals surface area (Å²) in [4.78, 5) is 0. The summed E-state index contributed by atoms with van der Waals surface area (Å²) in [6.45, 7) is 0.563. The van der Waals surface area contributed by atoms with Crippen molar-refractivity contribution in [3.63, 3.8) is 0 Å². The Kier molecular flexibility index (Phi) is 5.33. The van der Waals surface area contributed by atoms with Crippen LogP contribution in [0.4, 0.5) is 5.69 Å². The van der Waals surface area contributed by atoms with Crippen molar-refractivity contribution in [2.24, 2.45) is 0 Å². The predicted octanol–water partition coefficient (Wildman–Crippen LogP) is 3.43. The van der Waals surface area contributed by atoms with Crippen LogP contribution in [0, 0.1) is 0 Å². The molecule has 2 N–H and O–H groups in total. The van der Waals surface area contributed by atoms with Gasteiger partial charge in [-0.05, 0) is 18.2 Å². The van der Waals surface area contributed by atoms with E-state index in [2.05, 4.69) is 5.32 Å². The summed E-state index contributed by atoms with van der Waals surface area (Å²) < 4.78 is 5.06. The molecule has 0 atom stereocenters. The number of phenols is 1. The lowest BCUT2D eigenvalue weighted by atomic mass is 10.2. The third-order valence-corrected chi connectivity index (χ3v) is 2.56. The smallest absolute Gasteiger partial charge is 0.162 e. The van der Waals surface area contributed by atoms with Crippen LogP contribution in [0.2, 0.25) is 0 Å². The molecule has 0 aliphatic heterocycles. The van der Waals surface area contributed by atoms with E-state index < -0.39 is 0 Å². The van der Waals surface area contributed by atoms with Crippen LogP contribution in [0.15, 0.2) is 48.5 Å². The molecule has 2 aromatic carbocycles. The van der Waals surface area contributed by atoms with E-state index in [1.807, 2.05) is 42.5 Å². The fourth-order valence-electron chi connectivity index (χ4n) is 1.63. The maximum Gasteiger partial charge on any atom is 0.162 e. The van der Waals surface area contributed by atoms with Crippen molar-refractivity contribution in [1.29, 1.82) is 0 Å². The molecule has 0 fully saturated rings. The number of hydrogen-bond acceptors (Lipinski definition) is 3. The normalized spacial score (nSPS) is 9.39. The third-order valence-electron chi connectivity index (χ3n) is 2.56. The van der Waals surface area contributed by atoms with Crippen LogP contribution in [-0.4, -0.2) is 12.2 Å². The van der Waals surface area contributed by atoms with Gasteiger partial charge in [-0.1, -0.05) is 30.3 Å². The van der Waals surface area contributed by atoms with Gasteiger partial charge in [0.25, 0.3) is 0 Å². The maximum absolute atomic E-state index is 9.90. The first-order valence-corrected chi connectivity index (χ1v) is 5.45. The lowest BCUT2D eigenvalue weighted by Gasteiger charge is -2.10. The first-order valence-electron chi connectivity index (χ1n) is 5.45. The van der Waals surface area contributed by atoms with Crippen LogP contribution < -0.4 is 10.1 Å². The molecule has 0 amide bonds. The first-order chi connectivity index (χ1) is 8.31. The van der Waals surface area contributed by atoms with Crippen LogP contribution in [0.3, 0.4) is 0 Å². The Bertz CT molecular complexity index is 488. The molecule has 4 heteroatoms. The van der Waals surface area contributed by atoms with E-state index in [0.717, 1.165) is 11.3 Å². The molecule has 0 saturated heterocycles. The second-order valence-corrected chi connectivity index (χ2v) is 3.69. The van der Waals surface area contributed by atoms with E-state index in [1.165, 1.54) is 0 Å². The van der Waals surface area contributed by atoms with Crippen molar-refractivity contribution in [1.82, 2.24) is 0 Å². The summed E-state index contributed by atoms with van der Waals surface area (Å²) in [5, 5.41) is 13.1. The zero-order chi connectivity index (χ0) is 12.1. The van der Waals surface area contributed by atoms with Gasteiger partial charge in [-0.2, -0.15) is 0 Å². The van der Waals surface area contributed by atoms with Crippen molar-refractivity contribution in [2.45, 2.75) is 6.54 Å². The van der Waals surface area contributed by atoms with Crippen molar-refractivity contribution in [2.75, 3.05) is 12.4 Å². The predicted molar refractivity (Wildman–Crippen MR) is 75.7 cm³/mol. The highest BCUT2D eigenvalue weighted by Gasteiger charge is 2.06. The molecule has 0 bridgehead atoms. The summed E-state index contributed by atoms with van der Waals surface area (Å²) >= 11 is 0. The fraction of sp³-hybridized carbons (Fsp3) is 0.143. The highest BCUT2D eigenvalue weighted by Crippen LogP contribution is 2.29. The van der Waals surface area contributed by atoms with Gasteiger partial charge in [0, 0.05) is 17.8 Å². The molecule has 0 unspecified atom stereocenters. The Morgan fingerprint density at radius 2 is 1.78 bits per heavy atom. The van der Waals surface area contributed by atoms with Gasteiger partial charge in [0.15, 0.2) is 11.5 Å². The highest BCUT2D eigenvalue weighted by molar-refractivity contribution is 5.85. The van der Waals surface area contributed by atoms with Crippen LogP contribution in [0.5, 0.6) is 11.5 Å². The molecule has 0 radical (unpaired) electrons. The average Bonchev–Trinajstić information content (AvgIpc) is 2.39. The van der Waals surface area contributed by atoms with Crippen molar-refractivity contribution in [3.8, 4) is 11.5 Å². The van der Waals surface area contributed by atoms with Gasteiger partial charge in [-0.25, -0.2) is 0 Å². The number of aromatic hydroxyl groups is 1. The molecule has 0 aliphatic carbocycles. The molecule has 0 heterocycles.